The maximum absolute atomic E-state index is 2.67. The van der Waals surface area contributed by atoms with E-state index in [4.69, 9.17) is 0 Å². The van der Waals surface area contributed by atoms with Crippen molar-refractivity contribution in [2.45, 2.75) is 45.6 Å². The van der Waals surface area contributed by atoms with Crippen LogP contribution in [0.5, 0.6) is 0 Å². The van der Waals surface area contributed by atoms with Crippen LogP contribution < -0.4 is 0 Å². The quantitative estimate of drug-likeness (QED) is 0.624. The summed E-state index contributed by atoms with van der Waals surface area (Å²) in [5.74, 6) is 2.16. The van der Waals surface area contributed by atoms with E-state index in [-0.39, 0.29) is 0 Å². The Labute approximate surface area is 76.1 Å². The zero-order valence-corrected chi connectivity index (χ0v) is 8.42. The second kappa shape index (κ2) is 3.37. The summed E-state index contributed by atoms with van der Waals surface area (Å²) < 4.78 is 0. The Morgan fingerprint density at radius 2 is 1.83 bits per heavy atom. The zero-order chi connectivity index (χ0) is 8.55. The molecule has 0 aromatic heterocycles. The molecular formula is C11H21N. The van der Waals surface area contributed by atoms with Crippen LogP contribution in [0.25, 0.3) is 0 Å². The molecule has 0 saturated heterocycles. The molecule has 70 valence electrons. The van der Waals surface area contributed by atoms with Gasteiger partial charge in [0, 0.05) is 6.04 Å². The SMILES string of the molecule is CCN(CC)[C@@H]1C[C@H]2CC[C@H]1C2. The molecule has 1 heteroatoms. The van der Waals surface area contributed by atoms with Gasteiger partial charge in [0.15, 0.2) is 0 Å². The van der Waals surface area contributed by atoms with E-state index in [1.165, 1.54) is 32.4 Å². The molecular weight excluding hydrogens is 146 g/mol. The summed E-state index contributed by atoms with van der Waals surface area (Å²) in [6, 6.07) is 0.957. The maximum Gasteiger partial charge on any atom is 0.0126 e. The number of rotatable bonds is 3. The average molecular weight is 167 g/mol. The van der Waals surface area contributed by atoms with Crippen LogP contribution in [0.1, 0.15) is 39.5 Å². The van der Waals surface area contributed by atoms with Crippen molar-refractivity contribution in [3.63, 3.8) is 0 Å². The summed E-state index contributed by atoms with van der Waals surface area (Å²) in [5.41, 5.74) is 0. The summed E-state index contributed by atoms with van der Waals surface area (Å²) in [6.45, 7) is 7.11. The fourth-order valence-corrected chi connectivity index (χ4v) is 3.35. The number of fused-ring (bicyclic) bond motifs is 2. The molecule has 12 heavy (non-hydrogen) atoms. The summed E-state index contributed by atoms with van der Waals surface area (Å²) in [4.78, 5) is 2.67. The molecule has 0 aromatic carbocycles. The Kier molecular flexibility index (Phi) is 2.40. The maximum atomic E-state index is 2.67. The molecule has 2 aliphatic carbocycles. The molecule has 2 bridgehead atoms. The topological polar surface area (TPSA) is 3.24 Å². The van der Waals surface area contributed by atoms with Crippen molar-refractivity contribution < 1.29 is 0 Å². The lowest BCUT2D eigenvalue weighted by Gasteiger charge is -2.32. The van der Waals surface area contributed by atoms with Crippen molar-refractivity contribution in [2.24, 2.45) is 11.8 Å². The molecule has 0 unspecified atom stereocenters. The smallest absolute Gasteiger partial charge is 0.0126 e. The van der Waals surface area contributed by atoms with Gasteiger partial charge in [-0.2, -0.15) is 0 Å². The van der Waals surface area contributed by atoms with Gasteiger partial charge in [-0.15, -0.1) is 0 Å². The summed E-state index contributed by atoms with van der Waals surface area (Å²) in [7, 11) is 0. The Balaban J connectivity index is 1.96. The molecule has 1 nitrogen and oxygen atoms in total. The van der Waals surface area contributed by atoms with Gasteiger partial charge in [0.25, 0.3) is 0 Å². The highest BCUT2D eigenvalue weighted by Crippen LogP contribution is 2.46. The van der Waals surface area contributed by atoms with Crippen LogP contribution in [0.3, 0.4) is 0 Å². The van der Waals surface area contributed by atoms with Gasteiger partial charge in [0.1, 0.15) is 0 Å². The third-order valence-electron chi connectivity index (χ3n) is 3.98. The Hall–Kier alpha value is -0.0400. The lowest BCUT2D eigenvalue weighted by Crippen LogP contribution is -2.38. The van der Waals surface area contributed by atoms with E-state index >= 15 is 0 Å². The summed E-state index contributed by atoms with van der Waals surface area (Å²) in [5, 5.41) is 0. The number of hydrogen-bond donors (Lipinski definition) is 0. The molecule has 0 spiro atoms. The molecule has 0 aromatic rings. The zero-order valence-electron chi connectivity index (χ0n) is 8.42. The molecule has 2 rings (SSSR count). The minimum Gasteiger partial charge on any atom is -0.301 e. The molecule has 2 saturated carbocycles. The molecule has 2 aliphatic rings. The fraction of sp³-hybridized carbons (Fsp3) is 1.00. The van der Waals surface area contributed by atoms with Gasteiger partial charge in [-0.25, -0.2) is 0 Å². The van der Waals surface area contributed by atoms with Gasteiger partial charge >= 0.3 is 0 Å². The Morgan fingerprint density at radius 1 is 1.08 bits per heavy atom. The van der Waals surface area contributed by atoms with E-state index < -0.39 is 0 Å². The van der Waals surface area contributed by atoms with E-state index in [9.17, 15) is 0 Å². The molecule has 2 fully saturated rings. The highest BCUT2D eigenvalue weighted by Gasteiger charge is 2.41. The second-order valence-electron chi connectivity index (χ2n) is 4.46. The van der Waals surface area contributed by atoms with Crippen LogP contribution in [-0.4, -0.2) is 24.0 Å². The first-order valence-corrected chi connectivity index (χ1v) is 5.59. The van der Waals surface area contributed by atoms with Crippen molar-refractivity contribution in [1.29, 1.82) is 0 Å². The first-order valence-electron chi connectivity index (χ1n) is 5.59. The molecule has 0 radical (unpaired) electrons. The van der Waals surface area contributed by atoms with Crippen LogP contribution in [0.4, 0.5) is 0 Å². The molecule has 0 amide bonds. The lowest BCUT2D eigenvalue weighted by atomic mass is 9.94. The normalized spacial score (nSPS) is 39.8. The van der Waals surface area contributed by atoms with Gasteiger partial charge in [-0.1, -0.05) is 20.3 Å². The second-order valence-corrected chi connectivity index (χ2v) is 4.46. The third-order valence-corrected chi connectivity index (χ3v) is 3.98. The van der Waals surface area contributed by atoms with Crippen molar-refractivity contribution in [2.75, 3.05) is 13.1 Å². The summed E-state index contributed by atoms with van der Waals surface area (Å²) >= 11 is 0. The summed E-state index contributed by atoms with van der Waals surface area (Å²) in [6.07, 6.45) is 6.10. The largest absolute Gasteiger partial charge is 0.301 e. The van der Waals surface area contributed by atoms with Gasteiger partial charge in [0.2, 0.25) is 0 Å². The first-order chi connectivity index (χ1) is 5.85. The fourth-order valence-electron chi connectivity index (χ4n) is 3.35. The van der Waals surface area contributed by atoms with E-state index in [0.29, 0.717) is 0 Å². The van der Waals surface area contributed by atoms with Gasteiger partial charge < -0.3 is 4.90 Å². The van der Waals surface area contributed by atoms with E-state index in [1.807, 2.05) is 0 Å². The van der Waals surface area contributed by atoms with Crippen LogP contribution in [-0.2, 0) is 0 Å². The van der Waals surface area contributed by atoms with E-state index in [1.54, 1.807) is 6.42 Å². The highest BCUT2D eigenvalue weighted by molar-refractivity contribution is 4.94. The number of hydrogen-bond acceptors (Lipinski definition) is 1. The minimum absolute atomic E-state index is 0.957. The van der Waals surface area contributed by atoms with Crippen molar-refractivity contribution in [1.82, 2.24) is 4.90 Å². The highest BCUT2D eigenvalue weighted by atomic mass is 15.2. The number of nitrogens with zero attached hydrogens (tertiary/aromatic N) is 1. The monoisotopic (exact) mass is 167 g/mol. The van der Waals surface area contributed by atoms with Crippen LogP contribution in [0.2, 0.25) is 0 Å². The Bertz CT molecular complexity index is 151. The third kappa shape index (κ3) is 1.28. The van der Waals surface area contributed by atoms with E-state index in [2.05, 4.69) is 18.7 Å². The van der Waals surface area contributed by atoms with Crippen molar-refractivity contribution in [3.8, 4) is 0 Å². The molecule has 0 N–H and O–H groups in total. The van der Waals surface area contributed by atoms with Crippen molar-refractivity contribution >= 4 is 0 Å². The predicted octanol–water partition coefficient (Wildman–Crippen LogP) is 2.52. The van der Waals surface area contributed by atoms with Crippen molar-refractivity contribution in [3.05, 3.63) is 0 Å². The van der Waals surface area contributed by atoms with Crippen LogP contribution >= 0.6 is 0 Å². The average Bonchev–Trinajstić information content (AvgIpc) is 2.67. The lowest BCUT2D eigenvalue weighted by molar-refractivity contribution is 0.157. The molecule has 0 heterocycles. The van der Waals surface area contributed by atoms with Crippen LogP contribution in [0, 0.1) is 11.8 Å². The predicted molar refractivity (Wildman–Crippen MR) is 52.2 cm³/mol. The Morgan fingerprint density at radius 3 is 2.25 bits per heavy atom. The minimum atomic E-state index is 0.957. The van der Waals surface area contributed by atoms with E-state index in [0.717, 1.165) is 17.9 Å². The van der Waals surface area contributed by atoms with Gasteiger partial charge in [-0.05, 0) is 44.2 Å². The standard InChI is InChI=1S/C11H21N/c1-3-12(4-2)11-8-9-5-6-10(11)7-9/h9-11H,3-8H2,1-2H3/t9-,10-,11+/m0/s1. The molecule has 3 atom stereocenters. The molecule has 0 aliphatic heterocycles. The first kappa shape index (κ1) is 8.55. The van der Waals surface area contributed by atoms with Gasteiger partial charge in [-0.3, -0.25) is 0 Å². The van der Waals surface area contributed by atoms with Gasteiger partial charge in [0.05, 0.1) is 0 Å². The van der Waals surface area contributed by atoms with Crippen LogP contribution in [0.15, 0.2) is 0 Å².